The van der Waals surface area contributed by atoms with Crippen LogP contribution in [0.1, 0.15) is 16.1 Å². The highest BCUT2D eigenvalue weighted by atomic mass is 127. The van der Waals surface area contributed by atoms with Crippen molar-refractivity contribution in [3.8, 4) is 17.7 Å². The summed E-state index contributed by atoms with van der Waals surface area (Å²) in [4.78, 5) is 14.9. The molecule has 0 fully saturated rings. The topological polar surface area (TPSA) is 83.2 Å². The van der Waals surface area contributed by atoms with Crippen molar-refractivity contribution in [3.05, 3.63) is 51.2 Å². The number of rotatable bonds is 3. The first-order valence-electron chi connectivity index (χ1n) is 5.18. The van der Waals surface area contributed by atoms with Gasteiger partial charge in [-0.15, -0.1) is 0 Å². The predicted molar refractivity (Wildman–Crippen MR) is 75.1 cm³/mol. The third-order valence-electron chi connectivity index (χ3n) is 2.23. The molecule has 6 heteroatoms. The van der Waals surface area contributed by atoms with Gasteiger partial charge < -0.3 is 9.84 Å². The molecule has 5 nitrogen and oxygen atoms in total. The van der Waals surface area contributed by atoms with Gasteiger partial charge in [-0.2, -0.15) is 5.26 Å². The summed E-state index contributed by atoms with van der Waals surface area (Å²) in [6, 6.07) is 11.3. The number of hydrogen-bond donors (Lipinski definition) is 1. The average Bonchev–Trinajstić information content (AvgIpc) is 2.41. The fourth-order valence-corrected chi connectivity index (χ4v) is 1.81. The average molecular weight is 366 g/mol. The highest BCUT2D eigenvalue weighted by Crippen LogP contribution is 2.26. The number of carboxylic acids is 1. The second kappa shape index (κ2) is 5.67. The zero-order valence-corrected chi connectivity index (χ0v) is 11.7. The van der Waals surface area contributed by atoms with Crippen molar-refractivity contribution >= 4 is 28.6 Å². The van der Waals surface area contributed by atoms with Crippen LogP contribution in [-0.4, -0.2) is 16.1 Å². The van der Waals surface area contributed by atoms with Gasteiger partial charge >= 0.3 is 5.97 Å². The standard InChI is InChI=1S/C13H7IN2O3/c14-10-5-4-8(13(17)18)6-11(10)19-12-3-1-2-9(7-15)16-12/h1-6H,(H,17,18). The van der Waals surface area contributed by atoms with Gasteiger partial charge in [-0.1, -0.05) is 6.07 Å². The third-order valence-corrected chi connectivity index (χ3v) is 3.12. The lowest BCUT2D eigenvalue weighted by Crippen LogP contribution is -1.98. The molecule has 0 radical (unpaired) electrons. The molecule has 0 bridgehead atoms. The Bertz CT molecular complexity index is 680. The van der Waals surface area contributed by atoms with Crippen LogP contribution in [0.2, 0.25) is 0 Å². The lowest BCUT2D eigenvalue weighted by atomic mass is 10.2. The molecule has 1 aromatic heterocycles. The van der Waals surface area contributed by atoms with Gasteiger partial charge in [-0.05, 0) is 46.9 Å². The molecule has 2 aromatic rings. The van der Waals surface area contributed by atoms with E-state index in [9.17, 15) is 4.79 Å². The number of aromatic nitrogens is 1. The number of ether oxygens (including phenoxy) is 1. The Balaban J connectivity index is 2.34. The highest BCUT2D eigenvalue weighted by Gasteiger charge is 2.09. The van der Waals surface area contributed by atoms with Crippen molar-refractivity contribution in [2.24, 2.45) is 0 Å². The maximum atomic E-state index is 10.9. The Morgan fingerprint density at radius 2 is 2.16 bits per heavy atom. The van der Waals surface area contributed by atoms with Crippen LogP contribution < -0.4 is 4.74 Å². The number of aromatic carboxylic acids is 1. The Labute approximate surface area is 122 Å². The van der Waals surface area contributed by atoms with Crippen molar-refractivity contribution in [3.63, 3.8) is 0 Å². The van der Waals surface area contributed by atoms with Crippen molar-refractivity contribution < 1.29 is 14.6 Å². The van der Waals surface area contributed by atoms with Crippen LogP contribution in [-0.2, 0) is 0 Å². The lowest BCUT2D eigenvalue weighted by molar-refractivity contribution is 0.0696. The van der Waals surface area contributed by atoms with E-state index < -0.39 is 5.97 Å². The maximum Gasteiger partial charge on any atom is 0.335 e. The molecule has 0 saturated heterocycles. The lowest BCUT2D eigenvalue weighted by Gasteiger charge is -2.07. The number of carboxylic acid groups (broad SMARTS) is 1. The summed E-state index contributed by atoms with van der Waals surface area (Å²) in [5.41, 5.74) is 0.369. The second-order valence-corrected chi connectivity index (χ2v) is 4.69. The number of nitrogens with zero attached hydrogens (tertiary/aromatic N) is 2. The molecule has 1 heterocycles. The Kier molecular flexibility index (Phi) is 3.97. The van der Waals surface area contributed by atoms with E-state index in [2.05, 4.69) is 4.98 Å². The normalized spacial score (nSPS) is 9.68. The molecule has 1 aromatic carbocycles. The Morgan fingerprint density at radius 1 is 1.37 bits per heavy atom. The summed E-state index contributed by atoms with van der Waals surface area (Å²) in [5.74, 6) is -0.387. The van der Waals surface area contributed by atoms with E-state index in [1.807, 2.05) is 28.7 Å². The van der Waals surface area contributed by atoms with Gasteiger partial charge in [-0.3, -0.25) is 0 Å². The fraction of sp³-hybridized carbons (Fsp3) is 0. The van der Waals surface area contributed by atoms with E-state index in [4.69, 9.17) is 15.1 Å². The molecule has 0 aliphatic carbocycles. The first-order valence-corrected chi connectivity index (χ1v) is 6.26. The second-order valence-electron chi connectivity index (χ2n) is 3.53. The van der Waals surface area contributed by atoms with Gasteiger partial charge in [0.25, 0.3) is 0 Å². The minimum atomic E-state index is -1.03. The number of hydrogen-bond acceptors (Lipinski definition) is 4. The summed E-state index contributed by atoms with van der Waals surface area (Å²) < 4.78 is 6.27. The summed E-state index contributed by atoms with van der Waals surface area (Å²) >= 11 is 2.03. The van der Waals surface area contributed by atoms with Crippen molar-refractivity contribution in [2.45, 2.75) is 0 Å². The molecule has 0 aliphatic rings. The van der Waals surface area contributed by atoms with E-state index in [1.54, 1.807) is 24.3 Å². The zero-order chi connectivity index (χ0) is 13.8. The van der Waals surface area contributed by atoms with Gasteiger partial charge in [0, 0.05) is 6.07 Å². The maximum absolute atomic E-state index is 10.9. The molecular weight excluding hydrogens is 359 g/mol. The summed E-state index contributed by atoms with van der Waals surface area (Å²) in [5, 5.41) is 17.7. The molecule has 19 heavy (non-hydrogen) atoms. The number of nitriles is 1. The first kappa shape index (κ1) is 13.3. The summed E-state index contributed by atoms with van der Waals surface area (Å²) in [6.45, 7) is 0. The quantitative estimate of drug-likeness (QED) is 0.845. The van der Waals surface area contributed by atoms with Gasteiger partial charge in [-0.25, -0.2) is 9.78 Å². The van der Waals surface area contributed by atoms with Crippen LogP contribution in [0.15, 0.2) is 36.4 Å². The minimum Gasteiger partial charge on any atom is -0.478 e. The molecule has 0 saturated carbocycles. The van der Waals surface area contributed by atoms with E-state index >= 15 is 0 Å². The van der Waals surface area contributed by atoms with Crippen LogP contribution in [0.4, 0.5) is 0 Å². The Morgan fingerprint density at radius 3 is 2.84 bits per heavy atom. The number of halogens is 1. The van der Waals surface area contributed by atoms with E-state index in [-0.39, 0.29) is 17.1 Å². The molecule has 0 unspecified atom stereocenters. The van der Waals surface area contributed by atoms with E-state index in [1.165, 1.54) is 12.1 Å². The van der Waals surface area contributed by atoms with Gasteiger partial charge in [0.1, 0.15) is 17.5 Å². The van der Waals surface area contributed by atoms with Crippen LogP contribution >= 0.6 is 22.6 Å². The zero-order valence-electron chi connectivity index (χ0n) is 9.50. The molecule has 0 amide bonds. The summed E-state index contributed by atoms with van der Waals surface area (Å²) in [7, 11) is 0. The van der Waals surface area contributed by atoms with E-state index in [0.29, 0.717) is 5.75 Å². The van der Waals surface area contributed by atoms with Crippen LogP contribution in [0, 0.1) is 14.9 Å². The third kappa shape index (κ3) is 3.20. The smallest absolute Gasteiger partial charge is 0.335 e. The first-order chi connectivity index (χ1) is 9.10. The SMILES string of the molecule is N#Cc1cccc(Oc2cc(C(=O)O)ccc2I)n1. The van der Waals surface area contributed by atoms with Crippen LogP contribution in [0.25, 0.3) is 0 Å². The molecular formula is C13H7IN2O3. The predicted octanol–water partition coefficient (Wildman–Crippen LogP) is 3.05. The molecule has 94 valence electrons. The van der Waals surface area contributed by atoms with Crippen LogP contribution in [0.5, 0.6) is 11.6 Å². The Hall–Kier alpha value is -2.14. The molecule has 0 aliphatic heterocycles. The van der Waals surface area contributed by atoms with Crippen molar-refractivity contribution in [2.75, 3.05) is 0 Å². The van der Waals surface area contributed by atoms with E-state index in [0.717, 1.165) is 3.57 Å². The van der Waals surface area contributed by atoms with Crippen molar-refractivity contribution in [1.29, 1.82) is 5.26 Å². The van der Waals surface area contributed by atoms with Crippen molar-refractivity contribution in [1.82, 2.24) is 4.98 Å². The van der Waals surface area contributed by atoms with Crippen LogP contribution in [0.3, 0.4) is 0 Å². The molecule has 1 N–H and O–H groups in total. The van der Waals surface area contributed by atoms with Gasteiger partial charge in [0.2, 0.25) is 5.88 Å². The molecule has 0 spiro atoms. The minimum absolute atomic E-state index is 0.131. The largest absolute Gasteiger partial charge is 0.478 e. The monoisotopic (exact) mass is 366 g/mol. The number of pyridine rings is 1. The fourth-order valence-electron chi connectivity index (χ4n) is 1.36. The highest BCUT2D eigenvalue weighted by molar-refractivity contribution is 14.1. The summed E-state index contributed by atoms with van der Waals surface area (Å²) in [6.07, 6.45) is 0. The van der Waals surface area contributed by atoms with Gasteiger partial charge in [0.15, 0.2) is 0 Å². The number of benzene rings is 1. The molecule has 2 rings (SSSR count). The van der Waals surface area contributed by atoms with Gasteiger partial charge in [0.05, 0.1) is 9.13 Å². The molecule has 0 atom stereocenters. The number of carbonyl (C=O) groups is 1.